The van der Waals surface area contributed by atoms with Gasteiger partial charge < -0.3 is 10.1 Å². The van der Waals surface area contributed by atoms with Crippen LogP contribution in [0.25, 0.3) is 0 Å². The molecule has 1 saturated carbocycles. The molecule has 1 fully saturated rings. The molecule has 0 radical (unpaired) electrons. The molecule has 1 aromatic rings. The highest BCUT2D eigenvalue weighted by molar-refractivity contribution is 5.94. The molecular formula is C16H21NO2. The standard InChI is InChI=1S/C16H21NO2/c1-3-10-19-15-8-5-13(6-9-15)16(18)17-14-7-4-12(2)11-14/h3,5-6,8-9,12,14H,1,4,7,10-11H2,2H3,(H,17,18). The van der Waals surface area contributed by atoms with Crippen molar-refractivity contribution in [3.05, 3.63) is 42.5 Å². The maximum atomic E-state index is 12.1. The summed E-state index contributed by atoms with van der Waals surface area (Å²) in [5.41, 5.74) is 0.686. The predicted molar refractivity (Wildman–Crippen MR) is 76.4 cm³/mol. The lowest BCUT2D eigenvalue weighted by atomic mass is 10.1. The van der Waals surface area contributed by atoms with E-state index < -0.39 is 0 Å². The normalized spacial score (nSPS) is 21.9. The zero-order valence-electron chi connectivity index (χ0n) is 11.4. The lowest BCUT2D eigenvalue weighted by molar-refractivity contribution is 0.0937. The zero-order valence-corrected chi connectivity index (χ0v) is 11.4. The largest absolute Gasteiger partial charge is 0.490 e. The molecule has 2 unspecified atom stereocenters. The van der Waals surface area contributed by atoms with Gasteiger partial charge in [-0.15, -0.1) is 0 Å². The number of benzene rings is 1. The lowest BCUT2D eigenvalue weighted by Gasteiger charge is -2.12. The van der Waals surface area contributed by atoms with Crippen LogP contribution in [-0.2, 0) is 0 Å². The molecule has 0 bridgehead atoms. The second-order valence-electron chi connectivity index (χ2n) is 5.21. The maximum absolute atomic E-state index is 12.1. The number of ether oxygens (including phenoxy) is 1. The van der Waals surface area contributed by atoms with Crippen LogP contribution in [-0.4, -0.2) is 18.6 Å². The number of rotatable bonds is 5. The van der Waals surface area contributed by atoms with Gasteiger partial charge in [-0.25, -0.2) is 0 Å². The first-order valence-corrected chi connectivity index (χ1v) is 6.83. The topological polar surface area (TPSA) is 38.3 Å². The first kappa shape index (κ1) is 13.7. The molecule has 1 aliphatic rings. The molecule has 2 atom stereocenters. The van der Waals surface area contributed by atoms with Crippen LogP contribution in [0.2, 0.25) is 0 Å². The average molecular weight is 259 g/mol. The molecular weight excluding hydrogens is 238 g/mol. The Labute approximate surface area is 114 Å². The summed E-state index contributed by atoms with van der Waals surface area (Å²) in [4.78, 5) is 12.1. The van der Waals surface area contributed by atoms with Crippen LogP contribution >= 0.6 is 0 Å². The van der Waals surface area contributed by atoms with Crippen LogP contribution in [0.3, 0.4) is 0 Å². The Morgan fingerprint density at radius 1 is 1.42 bits per heavy atom. The van der Waals surface area contributed by atoms with E-state index in [0.717, 1.165) is 24.5 Å². The van der Waals surface area contributed by atoms with Crippen molar-refractivity contribution in [2.75, 3.05) is 6.61 Å². The first-order valence-electron chi connectivity index (χ1n) is 6.83. The first-order chi connectivity index (χ1) is 9.19. The molecule has 19 heavy (non-hydrogen) atoms. The Morgan fingerprint density at radius 2 is 2.16 bits per heavy atom. The van der Waals surface area contributed by atoms with E-state index in [9.17, 15) is 4.79 Å². The van der Waals surface area contributed by atoms with Gasteiger partial charge in [-0.05, 0) is 49.4 Å². The van der Waals surface area contributed by atoms with E-state index in [2.05, 4.69) is 18.8 Å². The van der Waals surface area contributed by atoms with Gasteiger partial charge in [0.1, 0.15) is 12.4 Å². The van der Waals surface area contributed by atoms with Crippen LogP contribution in [0.15, 0.2) is 36.9 Å². The number of nitrogens with one attached hydrogen (secondary N) is 1. The second-order valence-corrected chi connectivity index (χ2v) is 5.21. The Balaban J connectivity index is 1.90. The summed E-state index contributed by atoms with van der Waals surface area (Å²) in [5.74, 6) is 1.49. The summed E-state index contributed by atoms with van der Waals surface area (Å²) in [6.07, 6.45) is 5.08. The van der Waals surface area contributed by atoms with E-state index >= 15 is 0 Å². The van der Waals surface area contributed by atoms with Gasteiger partial charge in [-0.1, -0.05) is 19.6 Å². The van der Waals surface area contributed by atoms with Crippen LogP contribution < -0.4 is 10.1 Å². The van der Waals surface area contributed by atoms with Gasteiger partial charge >= 0.3 is 0 Å². The summed E-state index contributed by atoms with van der Waals surface area (Å²) in [6, 6.07) is 7.56. The molecule has 2 rings (SSSR count). The molecule has 1 amide bonds. The van der Waals surface area contributed by atoms with E-state index in [4.69, 9.17) is 4.74 Å². The molecule has 1 aliphatic carbocycles. The van der Waals surface area contributed by atoms with Gasteiger partial charge in [0.15, 0.2) is 0 Å². The molecule has 3 heteroatoms. The SMILES string of the molecule is C=CCOc1ccc(C(=O)NC2CCC(C)C2)cc1. The molecule has 0 saturated heterocycles. The minimum Gasteiger partial charge on any atom is -0.490 e. The van der Waals surface area contributed by atoms with Crippen molar-refractivity contribution in [1.29, 1.82) is 0 Å². The lowest BCUT2D eigenvalue weighted by Crippen LogP contribution is -2.32. The molecule has 0 aliphatic heterocycles. The highest BCUT2D eigenvalue weighted by atomic mass is 16.5. The van der Waals surface area contributed by atoms with Crippen molar-refractivity contribution >= 4 is 5.91 Å². The fourth-order valence-electron chi connectivity index (χ4n) is 2.46. The van der Waals surface area contributed by atoms with Crippen LogP contribution in [0, 0.1) is 5.92 Å². The zero-order chi connectivity index (χ0) is 13.7. The molecule has 1 N–H and O–H groups in total. The molecule has 0 aromatic heterocycles. The van der Waals surface area contributed by atoms with Crippen LogP contribution in [0.1, 0.15) is 36.5 Å². The van der Waals surface area contributed by atoms with E-state index in [0.29, 0.717) is 18.2 Å². The Kier molecular flexibility index (Phi) is 4.61. The number of hydrogen-bond donors (Lipinski definition) is 1. The van der Waals surface area contributed by atoms with E-state index in [1.54, 1.807) is 18.2 Å². The van der Waals surface area contributed by atoms with Gasteiger partial charge in [0.05, 0.1) is 0 Å². The van der Waals surface area contributed by atoms with Gasteiger partial charge in [-0.2, -0.15) is 0 Å². The maximum Gasteiger partial charge on any atom is 0.251 e. The summed E-state index contributed by atoms with van der Waals surface area (Å²) in [5, 5.41) is 3.09. The minimum atomic E-state index is 0.00868. The third-order valence-corrected chi connectivity index (χ3v) is 3.51. The van der Waals surface area contributed by atoms with Crippen molar-refractivity contribution in [2.24, 2.45) is 5.92 Å². The number of carbonyl (C=O) groups is 1. The Hall–Kier alpha value is -1.77. The molecule has 0 spiro atoms. The third-order valence-electron chi connectivity index (χ3n) is 3.51. The molecule has 1 aromatic carbocycles. The number of carbonyl (C=O) groups excluding carboxylic acids is 1. The summed E-state index contributed by atoms with van der Waals surface area (Å²) < 4.78 is 5.39. The van der Waals surface area contributed by atoms with Crippen molar-refractivity contribution in [2.45, 2.75) is 32.2 Å². The van der Waals surface area contributed by atoms with Crippen molar-refractivity contribution in [3.63, 3.8) is 0 Å². The number of hydrogen-bond acceptors (Lipinski definition) is 2. The van der Waals surface area contributed by atoms with Crippen molar-refractivity contribution in [3.8, 4) is 5.75 Å². The second kappa shape index (κ2) is 6.41. The summed E-state index contributed by atoms with van der Waals surface area (Å²) in [7, 11) is 0. The molecule has 0 heterocycles. The third kappa shape index (κ3) is 3.85. The monoisotopic (exact) mass is 259 g/mol. The Bertz CT molecular complexity index is 439. The smallest absolute Gasteiger partial charge is 0.251 e. The fourth-order valence-corrected chi connectivity index (χ4v) is 2.46. The van der Waals surface area contributed by atoms with Crippen molar-refractivity contribution in [1.82, 2.24) is 5.32 Å². The molecule has 3 nitrogen and oxygen atoms in total. The minimum absolute atomic E-state index is 0.00868. The van der Waals surface area contributed by atoms with Gasteiger partial charge in [0.25, 0.3) is 5.91 Å². The summed E-state index contributed by atoms with van der Waals surface area (Å²) in [6.45, 7) is 6.31. The summed E-state index contributed by atoms with van der Waals surface area (Å²) >= 11 is 0. The van der Waals surface area contributed by atoms with E-state index in [1.165, 1.54) is 6.42 Å². The van der Waals surface area contributed by atoms with Gasteiger partial charge in [0, 0.05) is 11.6 Å². The highest BCUT2D eigenvalue weighted by Gasteiger charge is 2.22. The van der Waals surface area contributed by atoms with Crippen LogP contribution in [0.4, 0.5) is 0 Å². The number of amides is 1. The van der Waals surface area contributed by atoms with E-state index in [-0.39, 0.29) is 5.91 Å². The quantitative estimate of drug-likeness (QED) is 0.825. The fraction of sp³-hybridized carbons (Fsp3) is 0.438. The average Bonchev–Trinajstić information content (AvgIpc) is 2.82. The highest BCUT2D eigenvalue weighted by Crippen LogP contribution is 2.24. The van der Waals surface area contributed by atoms with E-state index in [1.807, 2.05) is 12.1 Å². The van der Waals surface area contributed by atoms with Gasteiger partial charge in [0.2, 0.25) is 0 Å². The molecule has 102 valence electrons. The Morgan fingerprint density at radius 3 is 2.74 bits per heavy atom. The van der Waals surface area contributed by atoms with Crippen molar-refractivity contribution < 1.29 is 9.53 Å². The van der Waals surface area contributed by atoms with Crippen LogP contribution in [0.5, 0.6) is 5.75 Å². The predicted octanol–water partition coefficient (Wildman–Crippen LogP) is 3.17. The van der Waals surface area contributed by atoms with Gasteiger partial charge in [-0.3, -0.25) is 4.79 Å².